The van der Waals surface area contributed by atoms with E-state index in [1.807, 2.05) is 0 Å². The number of likely N-dealkylation sites (N-methyl/N-ethyl adjacent to an activating group) is 1. The monoisotopic (exact) mass is 221 g/mol. The molecule has 1 fully saturated rings. The summed E-state index contributed by atoms with van der Waals surface area (Å²) in [6.45, 7) is 8.54. The highest BCUT2D eigenvalue weighted by atomic mass is 15.3. The second-order valence-corrected chi connectivity index (χ2v) is 4.19. The predicted octanol–water partition coefficient (Wildman–Crippen LogP) is 0.589. The number of hydrogen-bond acceptors (Lipinski definition) is 5. The molecule has 5 nitrogen and oxygen atoms in total. The molecule has 0 amide bonds. The third-order valence-corrected chi connectivity index (χ3v) is 3.18. The smallest absolute Gasteiger partial charge is 0.171 e. The summed E-state index contributed by atoms with van der Waals surface area (Å²) in [5.41, 5.74) is 5.84. The summed E-state index contributed by atoms with van der Waals surface area (Å²) in [6, 6.07) is 0.542. The van der Waals surface area contributed by atoms with Crippen LogP contribution in [0.15, 0.2) is 12.4 Å². The van der Waals surface area contributed by atoms with Crippen molar-refractivity contribution < 1.29 is 0 Å². The normalized spacial score (nSPS) is 22.4. The van der Waals surface area contributed by atoms with E-state index in [-0.39, 0.29) is 0 Å². The molecule has 2 heterocycles. The van der Waals surface area contributed by atoms with E-state index in [4.69, 9.17) is 5.73 Å². The van der Waals surface area contributed by atoms with Crippen LogP contribution in [0.1, 0.15) is 13.8 Å². The summed E-state index contributed by atoms with van der Waals surface area (Å²) in [5.74, 6) is 1.35. The molecule has 2 rings (SSSR count). The third kappa shape index (κ3) is 2.09. The van der Waals surface area contributed by atoms with Crippen LogP contribution in [0, 0.1) is 0 Å². The summed E-state index contributed by atoms with van der Waals surface area (Å²) >= 11 is 0. The number of anilines is 2. The van der Waals surface area contributed by atoms with Crippen molar-refractivity contribution in [2.45, 2.75) is 19.9 Å². The molecule has 0 aromatic carbocycles. The summed E-state index contributed by atoms with van der Waals surface area (Å²) in [4.78, 5) is 13.1. The highest BCUT2D eigenvalue weighted by molar-refractivity contribution is 5.57. The quantitative estimate of drug-likeness (QED) is 0.792. The minimum atomic E-state index is 0.527. The zero-order chi connectivity index (χ0) is 11.5. The lowest BCUT2D eigenvalue weighted by Crippen LogP contribution is -2.52. The minimum Gasteiger partial charge on any atom is -0.381 e. The fraction of sp³-hybridized carbons (Fsp3) is 0.636. The lowest BCUT2D eigenvalue weighted by atomic mass is 10.2. The molecule has 0 spiro atoms. The van der Waals surface area contributed by atoms with Gasteiger partial charge in [-0.25, -0.2) is 9.97 Å². The van der Waals surface area contributed by atoms with E-state index in [1.54, 1.807) is 12.4 Å². The van der Waals surface area contributed by atoms with Crippen LogP contribution in [-0.4, -0.2) is 47.1 Å². The van der Waals surface area contributed by atoms with Gasteiger partial charge < -0.3 is 10.6 Å². The van der Waals surface area contributed by atoms with Crippen molar-refractivity contribution in [3.63, 3.8) is 0 Å². The van der Waals surface area contributed by atoms with E-state index in [0.717, 1.165) is 32.0 Å². The van der Waals surface area contributed by atoms with Gasteiger partial charge in [-0.3, -0.25) is 4.90 Å². The van der Waals surface area contributed by atoms with Gasteiger partial charge in [0.25, 0.3) is 0 Å². The molecule has 0 aliphatic carbocycles. The van der Waals surface area contributed by atoms with Crippen molar-refractivity contribution in [1.29, 1.82) is 0 Å². The van der Waals surface area contributed by atoms with Gasteiger partial charge in [0, 0.05) is 38.1 Å². The predicted molar refractivity (Wildman–Crippen MR) is 65.4 cm³/mol. The molecule has 1 unspecified atom stereocenters. The van der Waals surface area contributed by atoms with Crippen LogP contribution >= 0.6 is 0 Å². The molecule has 0 radical (unpaired) electrons. The maximum atomic E-state index is 5.84. The van der Waals surface area contributed by atoms with Crippen molar-refractivity contribution in [3.05, 3.63) is 12.4 Å². The average Bonchev–Trinajstić information content (AvgIpc) is 2.29. The molecule has 1 aromatic rings. The molecule has 1 aliphatic rings. The van der Waals surface area contributed by atoms with Crippen LogP contribution in [0.5, 0.6) is 0 Å². The van der Waals surface area contributed by atoms with Crippen LogP contribution in [0.4, 0.5) is 11.6 Å². The first-order valence-electron chi connectivity index (χ1n) is 5.78. The Hall–Kier alpha value is -1.36. The van der Waals surface area contributed by atoms with E-state index in [1.165, 1.54) is 0 Å². The number of rotatable bonds is 2. The first-order chi connectivity index (χ1) is 7.72. The summed E-state index contributed by atoms with van der Waals surface area (Å²) in [7, 11) is 0. The molecular weight excluding hydrogens is 202 g/mol. The van der Waals surface area contributed by atoms with Crippen LogP contribution in [0.3, 0.4) is 0 Å². The van der Waals surface area contributed by atoms with Crippen molar-refractivity contribution >= 4 is 11.6 Å². The minimum absolute atomic E-state index is 0.527. The first kappa shape index (κ1) is 11.1. The lowest BCUT2D eigenvalue weighted by Gasteiger charge is -2.39. The zero-order valence-electron chi connectivity index (χ0n) is 9.93. The maximum absolute atomic E-state index is 5.84. The molecule has 1 saturated heterocycles. The number of nitrogens with zero attached hydrogens (tertiary/aromatic N) is 4. The molecule has 16 heavy (non-hydrogen) atoms. The number of nitrogen functional groups attached to an aromatic ring is 1. The van der Waals surface area contributed by atoms with Crippen molar-refractivity contribution in [2.75, 3.05) is 36.8 Å². The Labute approximate surface area is 96.3 Å². The Morgan fingerprint density at radius 1 is 1.38 bits per heavy atom. The number of piperazine rings is 1. The lowest BCUT2D eigenvalue weighted by molar-refractivity contribution is 0.199. The van der Waals surface area contributed by atoms with E-state index in [2.05, 4.69) is 33.6 Å². The SMILES string of the molecule is CCN1CCN(c2nccnc2N)CC1C. The Morgan fingerprint density at radius 2 is 2.12 bits per heavy atom. The maximum Gasteiger partial charge on any atom is 0.171 e. The first-order valence-corrected chi connectivity index (χ1v) is 5.78. The van der Waals surface area contributed by atoms with Crippen LogP contribution in [0.2, 0.25) is 0 Å². The third-order valence-electron chi connectivity index (χ3n) is 3.18. The average molecular weight is 221 g/mol. The fourth-order valence-corrected chi connectivity index (χ4v) is 2.24. The molecule has 88 valence electrons. The molecule has 1 atom stereocenters. The van der Waals surface area contributed by atoms with Crippen molar-refractivity contribution in [2.24, 2.45) is 0 Å². The second-order valence-electron chi connectivity index (χ2n) is 4.19. The second kappa shape index (κ2) is 4.65. The number of nitrogens with two attached hydrogens (primary N) is 1. The highest BCUT2D eigenvalue weighted by Crippen LogP contribution is 2.20. The van der Waals surface area contributed by atoms with Gasteiger partial charge in [0.15, 0.2) is 11.6 Å². The van der Waals surface area contributed by atoms with Gasteiger partial charge in [-0.05, 0) is 13.5 Å². The largest absolute Gasteiger partial charge is 0.381 e. The van der Waals surface area contributed by atoms with E-state index in [9.17, 15) is 0 Å². The fourth-order valence-electron chi connectivity index (χ4n) is 2.24. The molecule has 0 saturated carbocycles. The summed E-state index contributed by atoms with van der Waals surface area (Å²) in [6.07, 6.45) is 3.33. The standard InChI is InChI=1S/C11H19N5/c1-3-15-6-7-16(8-9(15)2)11-10(12)13-4-5-14-11/h4-5,9H,3,6-8H2,1-2H3,(H2,12,13). The highest BCUT2D eigenvalue weighted by Gasteiger charge is 2.24. The zero-order valence-corrected chi connectivity index (χ0v) is 9.93. The van der Waals surface area contributed by atoms with Crippen LogP contribution in [0.25, 0.3) is 0 Å². The van der Waals surface area contributed by atoms with E-state index < -0.39 is 0 Å². The van der Waals surface area contributed by atoms with Crippen LogP contribution < -0.4 is 10.6 Å². The molecule has 1 aromatic heterocycles. The molecule has 5 heteroatoms. The summed E-state index contributed by atoms with van der Waals surface area (Å²) in [5, 5.41) is 0. The van der Waals surface area contributed by atoms with Gasteiger partial charge >= 0.3 is 0 Å². The van der Waals surface area contributed by atoms with E-state index >= 15 is 0 Å². The van der Waals surface area contributed by atoms with Crippen molar-refractivity contribution in [3.8, 4) is 0 Å². The Bertz CT molecular complexity index is 354. The van der Waals surface area contributed by atoms with Gasteiger partial charge in [-0.15, -0.1) is 0 Å². The molecule has 2 N–H and O–H groups in total. The topological polar surface area (TPSA) is 58.3 Å². The molecule has 0 bridgehead atoms. The Kier molecular flexibility index (Phi) is 3.24. The Balaban J connectivity index is 2.11. The van der Waals surface area contributed by atoms with E-state index in [0.29, 0.717) is 11.9 Å². The molecular formula is C11H19N5. The Morgan fingerprint density at radius 3 is 2.75 bits per heavy atom. The summed E-state index contributed by atoms with van der Waals surface area (Å²) < 4.78 is 0. The number of aromatic nitrogens is 2. The van der Waals surface area contributed by atoms with Gasteiger partial charge in [-0.2, -0.15) is 0 Å². The van der Waals surface area contributed by atoms with Crippen molar-refractivity contribution in [1.82, 2.24) is 14.9 Å². The van der Waals surface area contributed by atoms with Crippen LogP contribution in [-0.2, 0) is 0 Å². The van der Waals surface area contributed by atoms with Gasteiger partial charge in [-0.1, -0.05) is 6.92 Å². The number of hydrogen-bond donors (Lipinski definition) is 1. The van der Waals surface area contributed by atoms with Gasteiger partial charge in [0.1, 0.15) is 0 Å². The van der Waals surface area contributed by atoms with Gasteiger partial charge in [0.2, 0.25) is 0 Å². The molecule has 1 aliphatic heterocycles. The van der Waals surface area contributed by atoms with Gasteiger partial charge in [0.05, 0.1) is 0 Å².